The third-order valence-corrected chi connectivity index (χ3v) is 2.72. The van der Waals surface area contributed by atoms with Crippen molar-refractivity contribution in [1.29, 1.82) is 0 Å². The maximum Gasteiger partial charge on any atom is 0.259 e. The fraction of sp³-hybridized carbons (Fsp3) is 0.875. The van der Waals surface area contributed by atoms with Crippen LogP contribution < -0.4 is 0 Å². The van der Waals surface area contributed by atoms with E-state index in [1.807, 2.05) is 0 Å². The number of hydrogen-bond acceptors (Lipinski definition) is 1. The first-order valence-corrected chi connectivity index (χ1v) is 4.31. The molecular weight excluding hydrogens is 183 g/mol. The van der Waals surface area contributed by atoms with E-state index in [0.717, 1.165) is 0 Å². The molecule has 0 N–H and O–H groups in total. The number of hydrogen-bond donors (Lipinski definition) is 0. The van der Waals surface area contributed by atoms with Crippen LogP contribution in [0.5, 0.6) is 0 Å². The Labute approximate surface area is 73.7 Å². The molecular formula is C8H10F3NO. The van der Waals surface area contributed by atoms with Crippen molar-refractivity contribution in [2.45, 2.75) is 24.9 Å². The number of carbonyl (C=O) groups excluding carboxylic acids is 1. The molecule has 1 aliphatic carbocycles. The van der Waals surface area contributed by atoms with Gasteiger partial charge in [-0.1, -0.05) is 0 Å². The smallest absolute Gasteiger partial charge is 0.259 e. The molecule has 0 bridgehead atoms. The quantitative estimate of drug-likeness (QED) is 0.613. The first kappa shape index (κ1) is 8.84. The number of likely N-dealkylation sites (tertiary alicyclic amines) is 1. The second kappa shape index (κ2) is 2.62. The molecule has 2 aliphatic rings. The van der Waals surface area contributed by atoms with E-state index in [-0.39, 0.29) is 25.9 Å². The summed E-state index contributed by atoms with van der Waals surface area (Å²) >= 11 is 0. The molecule has 74 valence electrons. The molecule has 0 spiro atoms. The van der Waals surface area contributed by atoms with E-state index >= 15 is 0 Å². The van der Waals surface area contributed by atoms with Gasteiger partial charge in [-0.15, -0.1) is 0 Å². The van der Waals surface area contributed by atoms with Crippen LogP contribution in [-0.4, -0.2) is 36.0 Å². The molecule has 1 aliphatic heterocycles. The molecule has 1 saturated heterocycles. The number of nitrogens with zero attached hydrogens (tertiary/aromatic N) is 1. The zero-order chi connectivity index (χ0) is 9.64. The number of carbonyl (C=O) groups is 1. The van der Waals surface area contributed by atoms with E-state index in [0.29, 0.717) is 0 Å². The van der Waals surface area contributed by atoms with Gasteiger partial charge >= 0.3 is 0 Å². The summed E-state index contributed by atoms with van der Waals surface area (Å²) in [6.07, 6.45) is -0.993. The van der Waals surface area contributed by atoms with Gasteiger partial charge in [0.05, 0.1) is 13.1 Å². The van der Waals surface area contributed by atoms with Crippen LogP contribution in [0.15, 0.2) is 0 Å². The molecule has 13 heavy (non-hydrogen) atoms. The maximum absolute atomic E-state index is 12.7. The van der Waals surface area contributed by atoms with Crippen LogP contribution in [0.1, 0.15) is 12.8 Å². The Hall–Kier alpha value is -0.740. The van der Waals surface area contributed by atoms with Gasteiger partial charge in [0, 0.05) is 6.42 Å². The highest BCUT2D eigenvalue weighted by Gasteiger charge is 2.54. The summed E-state index contributed by atoms with van der Waals surface area (Å²) in [5, 5.41) is 0. The van der Waals surface area contributed by atoms with Crippen molar-refractivity contribution in [1.82, 2.24) is 4.90 Å². The summed E-state index contributed by atoms with van der Waals surface area (Å²) in [7, 11) is 0. The van der Waals surface area contributed by atoms with E-state index < -0.39 is 23.9 Å². The van der Waals surface area contributed by atoms with Crippen molar-refractivity contribution in [3.05, 3.63) is 0 Å². The van der Waals surface area contributed by atoms with Gasteiger partial charge in [-0.2, -0.15) is 0 Å². The summed E-state index contributed by atoms with van der Waals surface area (Å²) in [6.45, 7) is -0.0170. The van der Waals surface area contributed by atoms with Gasteiger partial charge < -0.3 is 4.90 Å². The zero-order valence-corrected chi connectivity index (χ0v) is 6.97. The van der Waals surface area contributed by atoms with Crippen LogP contribution in [0, 0.1) is 5.92 Å². The molecule has 0 aromatic carbocycles. The molecule has 1 unspecified atom stereocenters. The Morgan fingerprint density at radius 3 is 2.31 bits per heavy atom. The predicted molar refractivity (Wildman–Crippen MR) is 39.1 cm³/mol. The molecule has 0 aromatic rings. The van der Waals surface area contributed by atoms with Crippen LogP contribution in [0.3, 0.4) is 0 Å². The Morgan fingerprint density at radius 1 is 1.38 bits per heavy atom. The fourth-order valence-corrected chi connectivity index (χ4v) is 1.64. The number of rotatable bonds is 1. The lowest BCUT2D eigenvalue weighted by Gasteiger charge is -2.42. The number of alkyl halides is 3. The second-order valence-corrected chi connectivity index (χ2v) is 3.69. The van der Waals surface area contributed by atoms with Crippen molar-refractivity contribution >= 4 is 5.91 Å². The fourth-order valence-electron chi connectivity index (χ4n) is 1.64. The van der Waals surface area contributed by atoms with Crippen molar-refractivity contribution in [2.24, 2.45) is 5.92 Å². The molecule has 5 heteroatoms. The second-order valence-electron chi connectivity index (χ2n) is 3.69. The van der Waals surface area contributed by atoms with Gasteiger partial charge in [0.2, 0.25) is 5.91 Å². The average molecular weight is 193 g/mol. The molecule has 1 heterocycles. The molecule has 0 aromatic heterocycles. The van der Waals surface area contributed by atoms with Crippen LogP contribution >= 0.6 is 0 Å². The SMILES string of the molecule is O=C(C1CCC1(F)F)N1CC(F)C1. The zero-order valence-electron chi connectivity index (χ0n) is 6.97. The lowest BCUT2D eigenvalue weighted by Crippen LogP contribution is -2.58. The highest BCUT2D eigenvalue weighted by Crippen LogP contribution is 2.44. The van der Waals surface area contributed by atoms with Gasteiger partial charge in [-0.3, -0.25) is 4.79 Å². The van der Waals surface area contributed by atoms with E-state index in [2.05, 4.69) is 0 Å². The highest BCUT2D eigenvalue weighted by molar-refractivity contribution is 5.81. The standard InChI is InChI=1S/C8H10F3NO/c9-5-3-12(4-5)7(13)6-1-2-8(6,10)11/h5-6H,1-4H2. The van der Waals surface area contributed by atoms with Crippen LogP contribution in [0.25, 0.3) is 0 Å². The third-order valence-electron chi connectivity index (χ3n) is 2.72. The first-order valence-electron chi connectivity index (χ1n) is 4.31. The lowest BCUT2D eigenvalue weighted by atomic mass is 9.79. The van der Waals surface area contributed by atoms with Gasteiger partial charge in [-0.25, -0.2) is 13.2 Å². The monoisotopic (exact) mass is 193 g/mol. The number of amides is 1. The molecule has 1 amide bonds. The third kappa shape index (κ3) is 1.30. The predicted octanol–water partition coefficient (Wildman–Crippen LogP) is 1.21. The summed E-state index contributed by atoms with van der Waals surface area (Å²) in [4.78, 5) is 12.4. The summed E-state index contributed by atoms with van der Waals surface area (Å²) in [5.41, 5.74) is 0. The molecule has 0 radical (unpaired) electrons. The lowest BCUT2D eigenvalue weighted by molar-refractivity contribution is -0.177. The normalized spacial score (nSPS) is 32.2. The van der Waals surface area contributed by atoms with Crippen molar-refractivity contribution in [2.75, 3.05) is 13.1 Å². The Morgan fingerprint density at radius 2 is 2.00 bits per heavy atom. The summed E-state index contributed by atoms with van der Waals surface area (Å²) in [5.74, 6) is -4.61. The average Bonchev–Trinajstić information content (AvgIpc) is 1.96. The topological polar surface area (TPSA) is 20.3 Å². The molecule has 2 rings (SSSR count). The molecule has 2 nitrogen and oxygen atoms in total. The van der Waals surface area contributed by atoms with Gasteiger partial charge in [0.1, 0.15) is 12.1 Å². The van der Waals surface area contributed by atoms with E-state index in [1.54, 1.807) is 0 Å². The number of halogens is 3. The van der Waals surface area contributed by atoms with E-state index in [9.17, 15) is 18.0 Å². The molecule has 2 fully saturated rings. The molecule has 1 saturated carbocycles. The van der Waals surface area contributed by atoms with E-state index in [4.69, 9.17) is 0 Å². The molecule has 1 atom stereocenters. The van der Waals surface area contributed by atoms with Crippen LogP contribution in [-0.2, 0) is 4.79 Å². The summed E-state index contributed by atoms with van der Waals surface area (Å²) < 4.78 is 37.8. The Balaban J connectivity index is 1.91. The largest absolute Gasteiger partial charge is 0.336 e. The minimum Gasteiger partial charge on any atom is -0.336 e. The van der Waals surface area contributed by atoms with Crippen molar-refractivity contribution in [3.63, 3.8) is 0 Å². The van der Waals surface area contributed by atoms with Crippen molar-refractivity contribution in [3.8, 4) is 0 Å². The van der Waals surface area contributed by atoms with Crippen LogP contribution in [0.2, 0.25) is 0 Å². The maximum atomic E-state index is 12.7. The first-order chi connectivity index (χ1) is 6.00. The van der Waals surface area contributed by atoms with Crippen molar-refractivity contribution < 1.29 is 18.0 Å². The Bertz CT molecular complexity index is 238. The van der Waals surface area contributed by atoms with Gasteiger partial charge in [-0.05, 0) is 6.42 Å². The summed E-state index contributed by atoms with van der Waals surface area (Å²) in [6, 6.07) is 0. The van der Waals surface area contributed by atoms with E-state index in [1.165, 1.54) is 4.90 Å². The highest BCUT2D eigenvalue weighted by atomic mass is 19.3. The van der Waals surface area contributed by atoms with Gasteiger partial charge in [0.15, 0.2) is 0 Å². The Kier molecular flexibility index (Phi) is 1.78. The van der Waals surface area contributed by atoms with Gasteiger partial charge in [0.25, 0.3) is 5.92 Å². The minimum atomic E-state index is -2.85. The minimum absolute atomic E-state index is 0.00852. The van der Waals surface area contributed by atoms with Crippen LogP contribution in [0.4, 0.5) is 13.2 Å².